The van der Waals surface area contributed by atoms with Crippen LogP contribution in [0.2, 0.25) is 5.02 Å². The fourth-order valence-electron chi connectivity index (χ4n) is 8.19. The van der Waals surface area contributed by atoms with Crippen LogP contribution in [-0.2, 0) is 16.2 Å². The van der Waals surface area contributed by atoms with E-state index in [2.05, 4.69) is 30.1 Å². The Hall–Kier alpha value is -3.53. The molecule has 1 N–H and O–H groups in total. The summed E-state index contributed by atoms with van der Waals surface area (Å²) in [7, 11) is 1.63. The number of carbonyl (C=O) groups is 2. The van der Waals surface area contributed by atoms with Gasteiger partial charge < -0.3 is 14.5 Å². The number of hydrogen-bond acceptors (Lipinski definition) is 7. The summed E-state index contributed by atoms with van der Waals surface area (Å²) in [5.74, 6) is 0.358. The number of amides is 2. The summed E-state index contributed by atoms with van der Waals surface area (Å²) in [5, 5.41) is 1.54. The van der Waals surface area contributed by atoms with E-state index < -0.39 is 0 Å². The lowest BCUT2D eigenvalue weighted by atomic mass is 9.68. The number of rotatable bonds is 6. The zero-order chi connectivity index (χ0) is 30.3. The molecule has 3 heterocycles. The standard InChI is InChI=1S/C34H29ClN2O5S2/c1-16-4-3-5-17(12-16)15-42-23-11-6-18(13-24(23)41-2)25-26-21-14-22(29(26)43-31-30(25)44-34(40)36-31)28-27(21)32(38)37(33(28)39)20-9-7-19(35)8-10-20/h3-13,21-22,25-29H,14-15H2,1-2H3,(H,36,40)/t21?,22?,25-,26?,27?,28?,29?/m1/s1. The number of imide groups is 1. The molecule has 44 heavy (non-hydrogen) atoms. The van der Waals surface area contributed by atoms with E-state index in [1.165, 1.54) is 21.8 Å². The number of halogens is 1. The molecule has 0 radical (unpaired) electrons. The van der Waals surface area contributed by atoms with Crippen molar-refractivity contribution < 1.29 is 19.1 Å². The number of nitrogens with one attached hydrogen (secondary N) is 1. The fourth-order valence-corrected chi connectivity index (χ4v) is 11.2. The van der Waals surface area contributed by atoms with Crippen LogP contribution < -0.4 is 19.2 Å². The minimum Gasteiger partial charge on any atom is -0.493 e. The highest BCUT2D eigenvalue weighted by Gasteiger charge is 2.69. The molecule has 7 atom stereocenters. The van der Waals surface area contributed by atoms with Gasteiger partial charge in [-0.2, -0.15) is 0 Å². The van der Waals surface area contributed by atoms with Crippen LogP contribution in [0.3, 0.4) is 0 Å². The van der Waals surface area contributed by atoms with Gasteiger partial charge in [-0.3, -0.25) is 19.3 Å². The van der Waals surface area contributed by atoms with E-state index in [4.69, 9.17) is 21.1 Å². The van der Waals surface area contributed by atoms with Crippen LogP contribution in [0.15, 0.2) is 76.6 Å². The quantitative estimate of drug-likeness (QED) is 0.236. The van der Waals surface area contributed by atoms with E-state index in [0.717, 1.165) is 27.5 Å². The minimum absolute atomic E-state index is 0.0230. The molecule has 10 heteroatoms. The summed E-state index contributed by atoms with van der Waals surface area (Å²) < 4.78 is 12.0. The van der Waals surface area contributed by atoms with Crippen molar-refractivity contribution in [1.82, 2.24) is 4.98 Å². The van der Waals surface area contributed by atoms with Gasteiger partial charge in [0.25, 0.3) is 0 Å². The van der Waals surface area contributed by atoms with Crippen molar-refractivity contribution >= 4 is 52.2 Å². The van der Waals surface area contributed by atoms with Gasteiger partial charge in [-0.1, -0.05) is 58.8 Å². The van der Waals surface area contributed by atoms with Gasteiger partial charge in [0.1, 0.15) is 6.61 Å². The van der Waals surface area contributed by atoms with Crippen molar-refractivity contribution in [2.45, 2.75) is 36.1 Å². The summed E-state index contributed by atoms with van der Waals surface area (Å²) in [4.78, 5) is 45.8. The third-order valence-electron chi connectivity index (χ3n) is 9.83. The Labute approximate surface area is 267 Å². The number of aromatic nitrogens is 1. The normalized spacial score (nSPS) is 28.2. The fraction of sp³-hybridized carbons (Fsp3) is 0.324. The molecule has 3 fully saturated rings. The van der Waals surface area contributed by atoms with Gasteiger partial charge in [-0.05, 0) is 78.6 Å². The predicted octanol–water partition coefficient (Wildman–Crippen LogP) is 6.66. The highest BCUT2D eigenvalue weighted by molar-refractivity contribution is 8.00. The maximum Gasteiger partial charge on any atom is 0.305 e. The smallest absolute Gasteiger partial charge is 0.305 e. The number of ether oxygens (including phenoxy) is 2. The SMILES string of the molecule is COc1cc([C@H]2c3sc(=O)[nH]c3SC3C4CC(C5C(=O)N(c6ccc(Cl)cc6)C(=O)C45)C32)ccc1OCc1cccc(C)c1. The molecule has 2 saturated carbocycles. The number of H-pyrrole nitrogens is 1. The second kappa shape index (κ2) is 10.5. The third kappa shape index (κ3) is 4.27. The number of benzene rings is 3. The summed E-state index contributed by atoms with van der Waals surface area (Å²) in [6, 6.07) is 21.1. The van der Waals surface area contributed by atoms with Gasteiger partial charge in [-0.25, -0.2) is 0 Å². The number of nitrogens with zero attached hydrogens (tertiary/aromatic N) is 1. The number of hydrogen-bond donors (Lipinski definition) is 1. The second-order valence-corrected chi connectivity index (χ2v) is 14.8. The van der Waals surface area contributed by atoms with E-state index in [-0.39, 0.29) is 57.4 Å². The molecule has 2 aliphatic carbocycles. The van der Waals surface area contributed by atoms with Crippen LogP contribution in [0.25, 0.3) is 0 Å². The number of carbonyl (C=O) groups excluding carboxylic acids is 2. The van der Waals surface area contributed by atoms with Crippen molar-refractivity contribution in [1.29, 1.82) is 0 Å². The van der Waals surface area contributed by atoms with Crippen LogP contribution in [0.1, 0.15) is 33.9 Å². The van der Waals surface area contributed by atoms with Gasteiger partial charge in [0.2, 0.25) is 11.8 Å². The largest absolute Gasteiger partial charge is 0.493 e. The van der Waals surface area contributed by atoms with E-state index in [9.17, 15) is 14.4 Å². The molecular formula is C34H29ClN2O5S2. The van der Waals surface area contributed by atoms with Gasteiger partial charge in [0.15, 0.2) is 11.5 Å². The number of thioether (sulfide) groups is 1. The predicted molar refractivity (Wildman–Crippen MR) is 171 cm³/mol. The highest BCUT2D eigenvalue weighted by atomic mass is 35.5. The van der Waals surface area contributed by atoms with E-state index >= 15 is 0 Å². The zero-order valence-corrected chi connectivity index (χ0v) is 26.4. The first-order valence-electron chi connectivity index (χ1n) is 14.7. The molecule has 2 amide bonds. The first kappa shape index (κ1) is 28.0. The summed E-state index contributed by atoms with van der Waals surface area (Å²) in [5.41, 5.74) is 3.84. The Morgan fingerprint density at radius 2 is 1.73 bits per heavy atom. The topological polar surface area (TPSA) is 88.7 Å². The van der Waals surface area contributed by atoms with Gasteiger partial charge in [-0.15, -0.1) is 11.8 Å². The number of anilines is 1. The van der Waals surface area contributed by atoms with Crippen LogP contribution in [0.5, 0.6) is 11.5 Å². The minimum atomic E-state index is -0.372. The third-order valence-corrected chi connectivity index (χ3v) is 12.7. The summed E-state index contributed by atoms with van der Waals surface area (Å²) >= 11 is 9.02. The maximum atomic E-state index is 14.0. The monoisotopic (exact) mass is 644 g/mol. The average molecular weight is 645 g/mol. The number of fused-ring (bicyclic) bond motifs is 9. The molecule has 4 aliphatic rings. The lowest BCUT2D eigenvalue weighted by molar-refractivity contribution is -0.123. The Kier molecular flexibility index (Phi) is 6.70. The van der Waals surface area contributed by atoms with Gasteiger partial charge in [0.05, 0.1) is 29.7 Å². The molecule has 3 aromatic carbocycles. The molecule has 6 unspecified atom stereocenters. The second-order valence-electron chi connectivity index (χ2n) is 12.1. The zero-order valence-electron chi connectivity index (χ0n) is 24.0. The number of thiazole rings is 1. The van der Waals surface area contributed by atoms with E-state index in [1.807, 2.05) is 24.3 Å². The molecule has 2 bridgehead atoms. The molecule has 8 rings (SSSR count). The molecule has 1 saturated heterocycles. The van der Waals surface area contributed by atoms with Crippen molar-refractivity contribution in [3.8, 4) is 11.5 Å². The molecule has 7 nitrogen and oxygen atoms in total. The van der Waals surface area contributed by atoms with Gasteiger partial charge >= 0.3 is 4.87 Å². The van der Waals surface area contributed by atoms with Crippen LogP contribution in [0.4, 0.5) is 5.69 Å². The van der Waals surface area contributed by atoms with E-state index in [1.54, 1.807) is 43.1 Å². The van der Waals surface area contributed by atoms with Gasteiger partial charge in [0, 0.05) is 21.1 Å². The molecular weight excluding hydrogens is 616 g/mol. The Morgan fingerprint density at radius 1 is 0.955 bits per heavy atom. The average Bonchev–Trinajstić information content (AvgIpc) is 3.75. The Balaban J connectivity index is 1.15. The van der Waals surface area contributed by atoms with Crippen molar-refractivity contribution in [2.75, 3.05) is 12.0 Å². The summed E-state index contributed by atoms with van der Waals surface area (Å²) in [6.07, 6.45) is 0.827. The molecule has 1 aromatic heterocycles. The molecule has 224 valence electrons. The van der Waals surface area contributed by atoms with Crippen molar-refractivity contribution in [3.05, 3.63) is 103 Å². The lowest BCUT2D eigenvalue weighted by Crippen LogP contribution is -2.42. The number of aryl methyl sites for hydroxylation is 1. The number of methoxy groups -OCH3 is 1. The van der Waals surface area contributed by atoms with Crippen LogP contribution in [-0.4, -0.2) is 29.2 Å². The highest BCUT2D eigenvalue weighted by Crippen LogP contribution is 2.68. The first-order valence-corrected chi connectivity index (χ1v) is 16.8. The molecule has 2 aliphatic heterocycles. The van der Waals surface area contributed by atoms with Crippen LogP contribution in [0, 0.1) is 36.5 Å². The lowest BCUT2D eigenvalue weighted by Gasteiger charge is -2.43. The Morgan fingerprint density at radius 3 is 2.48 bits per heavy atom. The Bertz CT molecular complexity index is 1870. The van der Waals surface area contributed by atoms with E-state index in [0.29, 0.717) is 28.8 Å². The first-order chi connectivity index (χ1) is 21.3. The van der Waals surface area contributed by atoms with Crippen molar-refractivity contribution in [3.63, 3.8) is 0 Å². The molecule has 0 spiro atoms. The van der Waals surface area contributed by atoms with Crippen LogP contribution >= 0.6 is 34.7 Å². The molecule has 4 aromatic rings. The number of aromatic amines is 1. The summed E-state index contributed by atoms with van der Waals surface area (Å²) in [6.45, 7) is 2.47. The van der Waals surface area contributed by atoms with Crippen molar-refractivity contribution in [2.24, 2.45) is 29.6 Å². The maximum absolute atomic E-state index is 14.0.